The fourth-order valence-corrected chi connectivity index (χ4v) is 1.38. The van der Waals surface area contributed by atoms with E-state index in [1.807, 2.05) is 27.1 Å². The quantitative estimate of drug-likeness (QED) is 0.404. The van der Waals surface area contributed by atoms with Gasteiger partial charge < -0.3 is 10.1 Å². The van der Waals surface area contributed by atoms with Gasteiger partial charge in [-0.3, -0.25) is 0 Å². The lowest BCUT2D eigenvalue weighted by Crippen LogP contribution is -2.31. The van der Waals surface area contributed by atoms with Gasteiger partial charge in [0, 0.05) is 19.1 Å². The lowest BCUT2D eigenvalue weighted by atomic mass is 9.92. The van der Waals surface area contributed by atoms with Crippen molar-refractivity contribution < 1.29 is 4.74 Å². The van der Waals surface area contributed by atoms with Gasteiger partial charge in [-0.1, -0.05) is 12.0 Å². The molecule has 0 heterocycles. The van der Waals surface area contributed by atoms with Crippen LogP contribution in [0, 0.1) is 0 Å². The minimum absolute atomic E-state index is 0.387. The zero-order valence-corrected chi connectivity index (χ0v) is 9.24. The van der Waals surface area contributed by atoms with Gasteiger partial charge in [-0.15, -0.1) is 0 Å². The SMILES string of the molecule is CC/C(=C\NC)[C@@](C)(COC)N=[N+]=[N-]. The molecule has 0 aromatic carbocycles. The van der Waals surface area contributed by atoms with Gasteiger partial charge in [0.1, 0.15) is 0 Å². The standard InChI is InChI=1S/C9H18N4O/c1-5-8(6-11-3)9(2,7-14-4)12-13-10/h6,11H,5,7H2,1-4H3/b8-6+/t9-/m1/s1. The third-order valence-corrected chi connectivity index (χ3v) is 2.08. The van der Waals surface area contributed by atoms with Crippen LogP contribution in [0.25, 0.3) is 10.4 Å². The van der Waals surface area contributed by atoms with E-state index in [9.17, 15) is 0 Å². The first-order valence-electron chi connectivity index (χ1n) is 4.56. The van der Waals surface area contributed by atoms with Crippen LogP contribution in [0.5, 0.6) is 0 Å². The minimum Gasteiger partial charge on any atom is -0.394 e. The molecule has 0 aromatic heterocycles. The van der Waals surface area contributed by atoms with E-state index in [1.165, 1.54) is 0 Å². The summed E-state index contributed by atoms with van der Waals surface area (Å²) in [6.07, 6.45) is 2.67. The second kappa shape index (κ2) is 6.29. The number of nitrogens with one attached hydrogen (secondary N) is 1. The van der Waals surface area contributed by atoms with Crippen molar-refractivity contribution in [3.63, 3.8) is 0 Å². The van der Waals surface area contributed by atoms with Crippen molar-refractivity contribution in [1.29, 1.82) is 0 Å². The lowest BCUT2D eigenvalue weighted by molar-refractivity contribution is 0.155. The first kappa shape index (κ1) is 12.8. The average molecular weight is 198 g/mol. The van der Waals surface area contributed by atoms with E-state index < -0.39 is 5.54 Å². The van der Waals surface area contributed by atoms with Crippen LogP contribution < -0.4 is 5.32 Å². The molecule has 0 radical (unpaired) electrons. The second-order valence-electron chi connectivity index (χ2n) is 3.21. The molecule has 1 atom stereocenters. The summed E-state index contributed by atoms with van der Waals surface area (Å²) in [6.45, 7) is 4.27. The molecule has 0 bridgehead atoms. The highest BCUT2D eigenvalue weighted by atomic mass is 16.5. The second-order valence-corrected chi connectivity index (χ2v) is 3.21. The molecule has 1 N–H and O–H groups in total. The maximum atomic E-state index is 8.50. The Morgan fingerprint density at radius 3 is 2.71 bits per heavy atom. The van der Waals surface area contributed by atoms with Crippen molar-refractivity contribution in [1.82, 2.24) is 5.32 Å². The molecule has 0 aliphatic carbocycles. The van der Waals surface area contributed by atoms with E-state index in [4.69, 9.17) is 10.3 Å². The Morgan fingerprint density at radius 2 is 2.36 bits per heavy atom. The molecule has 5 nitrogen and oxygen atoms in total. The Kier molecular flexibility index (Phi) is 5.76. The van der Waals surface area contributed by atoms with Crippen LogP contribution in [0.2, 0.25) is 0 Å². The van der Waals surface area contributed by atoms with Gasteiger partial charge in [-0.2, -0.15) is 0 Å². The van der Waals surface area contributed by atoms with Crippen molar-refractivity contribution in [3.05, 3.63) is 22.2 Å². The van der Waals surface area contributed by atoms with Gasteiger partial charge in [-0.05, 0) is 30.6 Å². The number of ether oxygens (including phenoxy) is 1. The minimum atomic E-state index is -0.596. The summed E-state index contributed by atoms with van der Waals surface area (Å²) >= 11 is 0. The molecule has 0 unspecified atom stereocenters. The van der Waals surface area contributed by atoms with Crippen LogP contribution in [-0.2, 0) is 4.74 Å². The Morgan fingerprint density at radius 1 is 1.71 bits per heavy atom. The molecule has 0 saturated heterocycles. The average Bonchev–Trinajstić information content (AvgIpc) is 2.14. The van der Waals surface area contributed by atoms with Crippen molar-refractivity contribution in [3.8, 4) is 0 Å². The van der Waals surface area contributed by atoms with Gasteiger partial charge in [0.2, 0.25) is 0 Å². The summed E-state index contributed by atoms with van der Waals surface area (Å²) in [4.78, 5) is 2.85. The molecule has 5 heteroatoms. The smallest absolute Gasteiger partial charge is 0.0919 e. The largest absolute Gasteiger partial charge is 0.394 e. The molecule has 0 aliphatic rings. The van der Waals surface area contributed by atoms with Crippen LogP contribution in [0.1, 0.15) is 20.3 Å². The van der Waals surface area contributed by atoms with Crippen molar-refractivity contribution in [2.75, 3.05) is 20.8 Å². The van der Waals surface area contributed by atoms with Gasteiger partial charge in [0.25, 0.3) is 0 Å². The number of nitrogens with zero attached hydrogens (tertiary/aromatic N) is 3. The van der Waals surface area contributed by atoms with Crippen molar-refractivity contribution >= 4 is 0 Å². The van der Waals surface area contributed by atoms with Gasteiger partial charge in [0.15, 0.2) is 0 Å². The fourth-order valence-electron chi connectivity index (χ4n) is 1.38. The Hall–Kier alpha value is -1.19. The zero-order chi connectivity index (χ0) is 11.0. The molecule has 0 aliphatic heterocycles. The summed E-state index contributed by atoms with van der Waals surface area (Å²) in [5.74, 6) is 0. The lowest BCUT2D eigenvalue weighted by Gasteiger charge is -2.25. The summed E-state index contributed by atoms with van der Waals surface area (Å²) < 4.78 is 5.06. The summed E-state index contributed by atoms with van der Waals surface area (Å²) in [5.41, 5.74) is 8.93. The third kappa shape index (κ3) is 3.28. The predicted octanol–water partition coefficient (Wildman–Crippen LogP) is 2.22. The number of azide groups is 1. The molecule has 80 valence electrons. The maximum Gasteiger partial charge on any atom is 0.0919 e. The fraction of sp³-hybridized carbons (Fsp3) is 0.778. The zero-order valence-electron chi connectivity index (χ0n) is 9.24. The third-order valence-electron chi connectivity index (χ3n) is 2.08. The maximum absolute atomic E-state index is 8.50. The molecule has 0 aromatic rings. The monoisotopic (exact) mass is 198 g/mol. The Bertz CT molecular complexity index is 245. The first-order chi connectivity index (χ1) is 6.64. The van der Waals surface area contributed by atoms with Crippen molar-refractivity contribution in [2.24, 2.45) is 5.11 Å². The number of methoxy groups -OCH3 is 1. The molecule has 0 fully saturated rings. The van der Waals surface area contributed by atoms with Crippen LogP contribution >= 0.6 is 0 Å². The van der Waals surface area contributed by atoms with E-state index in [2.05, 4.69) is 15.3 Å². The molecular weight excluding hydrogens is 180 g/mol. The van der Waals surface area contributed by atoms with E-state index >= 15 is 0 Å². The van der Waals surface area contributed by atoms with E-state index in [0.717, 1.165) is 12.0 Å². The highest BCUT2D eigenvalue weighted by molar-refractivity contribution is 5.18. The molecule has 0 amide bonds. The Balaban J connectivity index is 4.94. The normalized spacial score (nSPS) is 15.6. The van der Waals surface area contributed by atoms with Crippen LogP contribution in [-0.4, -0.2) is 26.3 Å². The van der Waals surface area contributed by atoms with Crippen LogP contribution in [0.4, 0.5) is 0 Å². The molecule has 14 heavy (non-hydrogen) atoms. The van der Waals surface area contributed by atoms with Gasteiger partial charge in [0.05, 0.1) is 12.1 Å². The highest BCUT2D eigenvalue weighted by Gasteiger charge is 2.26. The molecule has 0 rings (SSSR count). The van der Waals surface area contributed by atoms with Gasteiger partial charge in [-0.25, -0.2) is 0 Å². The predicted molar refractivity (Wildman–Crippen MR) is 56.9 cm³/mol. The molecular formula is C9H18N4O. The van der Waals surface area contributed by atoms with E-state index in [-0.39, 0.29) is 0 Å². The van der Waals surface area contributed by atoms with E-state index in [0.29, 0.717) is 6.61 Å². The van der Waals surface area contributed by atoms with Crippen molar-refractivity contribution in [2.45, 2.75) is 25.8 Å². The van der Waals surface area contributed by atoms with Crippen LogP contribution in [0.15, 0.2) is 16.9 Å². The topological polar surface area (TPSA) is 70.0 Å². The first-order valence-corrected chi connectivity index (χ1v) is 4.56. The number of hydrogen-bond donors (Lipinski definition) is 1. The number of hydrogen-bond acceptors (Lipinski definition) is 3. The Labute approximate surface area is 84.8 Å². The molecule has 0 saturated carbocycles. The van der Waals surface area contributed by atoms with Crippen LogP contribution in [0.3, 0.4) is 0 Å². The van der Waals surface area contributed by atoms with Gasteiger partial charge >= 0.3 is 0 Å². The molecule has 0 spiro atoms. The summed E-state index contributed by atoms with van der Waals surface area (Å²) in [7, 11) is 3.41. The van der Waals surface area contributed by atoms with E-state index in [1.54, 1.807) is 7.11 Å². The number of rotatable bonds is 6. The highest BCUT2D eigenvalue weighted by Crippen LogP contribution is 2.24. The summed E-state index contributed by atoms with van der Waals surface area (Å²) in [6, 6.07) is 0. The summed E-state index contributed by atoms with van der Waals surface area (Å²) in [5, 5.41) is 6.72.